The molecule has 0 unspecified atom stereocenters. The summed E-state index contributed by atoms with van der Waals surface area (Å²) in [4.78, 5) is 12.3. The smallest absolute Gasteiger partial charge is 0.167 e. The first-order chi connectivity index (χ1) is 10.5. The summed E-state index contributed by atoms with van der Waals surface area (Å²) < 4.78 is 32.3. The van der Waals surface area contributed by atoms with E-state index in [9.17, 15) is 4.39 Å². The molecule has 0 aromatic carbocycles. The van der Waals surface area contributed by atoms with E-state index in [0.29, 0.717) is 11.2 Å². The molecule has 0 radical (unpaired) electrons. The molecule has 9 heteroatoms. The lowest BCUT2D eigenvalue weighted by atomic mass is 10.1. The van der Waals surface area contributed by atoms with Crippen molar-refractivity contribution in [1.82, 2.24) is 19.5 Å². The molecule has 0 spiro atoms. The summed E-state index contributed by atoms with van der Waals surface area (Å²) in [5, 5.41) is 0. The van der Waals surface area contributed by atoms with Gasteiger partial charge in [-0.3, -0.25) is 4.57 Å². The summed E-state index contributed by atoms with van der Waals surface area (Å²) in [6.45, 7) is 2.94. The van der Waals surface area contributed by atoms with Gasteiger partial charge in [0.1, 0.15) is 36.8 Å². The van der Waals surface area contributed by atoms with Crippen molar-refractivity contribution in [3.63, 3.8) is 0 Å². The molecular weight excluding hydrogens is 293 g/mol. The van der Waals surface area contributed by atoms with Gasteiger partial charge in [-0.05, 0) is 13.8 Å². The minimum Gasteiger partial charge on any atom is -0.382 e. The molecule has 4 heterocycles. The van der Waals surface area contributed by atoms with Gasteiger partial charge in [-0.2, -0.15) is 0 Å². The van der Waals surface area contributed by atoms with Crippen LogP contribution in [0.15, 0.2) is 12.7 Å². The van der Waals surface area contributed by atoms with Gasteiger partial charge >= 0.3 is 0 Å². The van der Waals surface area contributed by atoms with Gasteiger partial charge < -0.3 is 19.9 Å². The van der Waals surface area contributed by atoms with Crippen molar-refractivity contribution < 1.29 is 18.6 Å². The molecule has 0 bridgehead atoms. The fourth-order valence-electron chi connectivity index (χ4n) is 3.06. The Kier molecular flexibility index (Phi) is 2.87. The van der Waals surface area contributed by atoms with Crippen LogP contribution in [0.3, 0.4) is 0 Å². The zero-order valence-electron chi connectivity index (χ0n) is 12.1. The van der Waals surface area contributed by atoms with Gasteiger partial charge in [-0.25, -0.2) is 19.3 Å². The number of anilines is 1. The molecule has 2 aromatic rings. The number of aromatic nitrogens is 4. The summed E-state index contributed by atoms with van der Waals surface area (Å²) in [6.07, 6.45) is 0.726. The van der Waals surface area contributed by atoms with Gasteiger partial charge in [0.15, 0.2) is 23.5 Å². The first-order valence-corrected chi connectivity index (χ1v) is 7.00. The third-order valence-electron chi connectivity index (χ3n) is 3.94. The van der Waals surface area contributed by atoms with Gasteiger partial charge in [0.25, 0.3) is 0 Å². The molecule has 2 saturated heterocycles. The third kappa shape index (κ3) is 1.89. The van der Waals surface area contributed by atoms with E-state index in [2.05, 4.69) is 15.0 Å². The molecule has 4 atom stereocenters. The Morgan fingerprint density at radius 2 is 2.05 bits per heavy atom. The number of nitrogens with zero attached hydrogens (tertiary/aromatic N) is 4. The second-order valence-electron chi connectivity index (χ2n) is 5.87. The Morgan fingerprint density at radius 1 is 1.27 bits per heavy atom. The van der Waals surface area contributed by atoms with Gasteiger partial charge in [-0.1, -0.05) is 0 Å². The van der Waals surface area contributed by atoms with Crippen LogP contribution in [0.1, 0.15) is 20.1 Å². The number of rotatable bonds is 2. The highest BCUT2D eigenvalue weighted by atomic mass is 19.1. The van der Waals surface area contributed by atoms with E-state index in [4.69, 9.17) is 19.9 Å². The summed E-state index contributed by atoms with van der Waals surface area (Å²) >= 11 is 0. The van der Waals surface area contributed by atoms with Gasteiger partial charge in [0, 0.05) is 0 Å². The van der Waals surface area contributed by atoms with Crippen LogP contribution in [0.5, 0.6) is 0 Å². The zero-order valence-corrected chi connectivity index (χ0v) is 12.1. The maximum absolute atomic E-state index is 13.3. The van der Waals surface area contributed by atoms with E-state index in [1.807, 2.05) is 0 Å². The quantitative estimate of drug-likeness (QED) is 0.876. The summed E-state index contributed by atoms with van der Waals surface area (Å²) in [5.41, 5.74) is 6.78. The van der Waals surface area contributed by atoms with Crippen LogP contribution in [0.4, 0.5) is 10.2 Å². The van der Waals surface area contributed by atoms with Crippen molar-refractivity contribution in [2.24, 2.45) is 0 Å². The van der Waals surface area contributed by atoms with Crippen LogP contribution in [0.2, 0.25) is 0 Å². The molecule has 2 aliphatic heterocycles. The second kappa shape index (κ2) is 4.58. The number of imidazole rings is 1. The van der Waals surface area contributed by atoms with E-state index in [-0.39, 0.29) is 5.82 Å². The maximum atomic E-state index is 13.3. The Labute approximate surface area is 125 Å². The van der Waals surface area contributed by atoms with E-state index < -0.39 is 37.0 Å². The first kappa shape index (κ1) is 13.8. The number of halogens is 1. The predicted molar refractivity (Wildman–Crippen MR) is 73.4 cm³/mol. The second-order valence-corrected chi connectivity index (χ2v) is 5.87. The lowest BCUT2D eigenvalue weighted by Crippen LogP contribution is -2.30. The summed E-state index contributed by atoms with van der Waals surface area (Å²) in [7, 11) is 0. The lowest BCUT2D eigenvalue weighted by molar-refractivity contribution is -0.197. The Bertz CT molecular complexity index is 721. The average Bonchev–Trinajstić information content (AvgIpc) is 3.10. The summed E-state index contributed by atoms with van der Waals surface area (Å²) in [5.74, 6) is -0.501. The lowest BCUT2D eigenvalue weighted by Gasteiger charge is -2.23. The Morgan fingerprint density at radius 3 is 2.82 bits per heavy atom. The molecule has 4 rings (SSSR count). The largest absolute Gasteiger partial charge is 0.382 e. The molecule has 2 N–H and O–H groups in total. The van der Waals surface area contributed by atoms with E-state index in [1.54, 1.807) is 24.7 Å². The fraction of sp³-hybridized carbons (Fsp3) is 0.615. The van der Waals surface area contributed by atoms with E-state index in [1.165, 1.54) is 6.33 Å². The van der Waals surface area contributed by atoms with Crippen molar-refractivity contribution in [2.75, 3.05) is 12.4 Å². The highest BCUT2D eigenvalue weighted by molar-refractivity contribution is 5.81. The van der Waals surface area contributed by atoms with Crippen LogP contribution >= 0.6 is 0 Å². The van der Waals surface area contributed by atoms with E-state index in [0.717, 1.165) is 0 Å². The number of fused-ring (bicyclic) bond motifs is 2. The van der Waals surface area contributed by atoms with Crippen molar-refractivity contribution in [1.29, 1.82) is 0 Å². The Balaban J connectivity index is 1.77. The van der Waals surface area contributed by atoms with Gasteiger partial charge in [-0.15, -0.1) is 0 Å². The van der Waals surface area contributed by atoms with Crippen LogP contribution in [0, 0.1) is 0 Å². The Hall–Kier alpha value is -1.84. The number of alkyl halides is 1. The van der Waals surface area contributed by atoms with Crippen molar-refractivity contribution in [3.05, 3.63) is 12.7 Å². The molecule has 118 valence electrons. The number of ether oxygens (including phenoxy) is 3. The topological polar surface area (TPSA) is 97.3 Å². The van der Waals surface area contributed by atoms with E-state index >= 15 is 0 Å². The SMILES string of the molecule is CC1(C)O[C@@H]2[C@H](O1)[C@@H](CF)O[C@H]2n1cnc2c(N)ncnc21. The third-order valence-corrected chi connectivity index (χ3v) is 3.94. The molecule has 0 amide bonds. The highest BCUT2D eigenvalue weighted by Gasteiger charge is 2.56. The molecule has 0 saturated carbocycles. The van der Waals surface area contributed by atoms with Crippen LogP contribution in [0.25, 0.3) is 11.2 Å². The van der Waals surface area contributed by atoms with Crippen LogP contribution in [-0.2, 0) is 14.2 Å². The standard InChI is InChI=1S/C13H16FN5O3/c1-13(2)21-8-6(3-14)20-12(9(8)22-13)19-5-18-7-10(15)16-4-17-11(7)19/h4-6,8-9,12H,3H2,1-2H3,(H2,15,16,17)/t6-,8-,9-,12-/m1/s1. The normalized spacial score (nSPS) is 33.4. The molecule has 2 aliphatic rings. The minimum atomic E-state index is -0.783. The van der Waals surface area contributed by atoms with Crippen molar-refractivity contribution in [2.45, 2.75) is 44.2 Å². The first-order valence-electron chi connectivity index (χ1n) is 7.00. The predicted octanol–water partition coefficient (Wildman–Crippen LogP) is 0.795. The van der Waals surface area contributed by atoms with Crippen molar-refractivity contribution >= 4 is 17.0 Å². The molecule has 2 fully saturated rings. The highest BCUT2D eigenvalue weighted by Crippen LogP contribution is 2.43. The fourth-order valence-corrected chi connectivity index (χ4v) is 3.06. The maximum Gasteiger partial charge on any atom is 0.167 e. The number of hydrogen-bond acceptors (Lipinski definition) is 7. The van der Waals surface area contributed by atoms with Crippen LogP contribution < -0.4 is 5.73 Å². The summed E-state index contributed by atoms with van der Waals surface area (Å²) in [6, 6.07) is 0. The van der Waals surface area contributed by atoms with Gasteiger partial charge in [0.05, 0.1) is 6.33 Å². The number of nitrogen functional groups attached to an aromatic ring is 1. The van der Waals surface area contributed by atoms with Crippen molar-refractivity contribution in [3.8, 4) is 0 Å². The molecular formula is C13H16FN5O3. The zero-order chi connectivity index (χ0) is 15.5. The molecule has 8 nitrogen and oxygen atoms in total. The minimum absolute atomic E-state index is 0.282. The molecule has 0 aliphatic carbocycles. The van der Waals surface area contributed by atoms with Gasteiger partial charge in [0.2, 0.25) is 0 Å². The molecule has 2 aromatic heterocycles. The average molecular weight is 309 g/mol. The van der Waals surface area contributed by atoms with Crippen LogP contribution in [-0.4, -0.2) is 50.3 Å². The number of nitrogens with two attached hydrogens (primary N) is 1. The molecule has 22 heavy (non-hydrogen) atoms. The number of hydrogen-bond donors (Lipinski definition) is 1. The monoisotopic (exact) mass is 309 g/mol.